The summed E-state index contributed by atoms with van der Waals surface area (Å²) >= 11 is 1.64. The standard InChI is InChI=1S/C13H14F2N2S/c1-8-2-5-13(18-8)12(17-16)7-9-3-4-10(14)11(15)6-9/h2-6,12,17H,7,16H2,1H3. The minimum atomic E-state index is -0.831. The van der Waals surface area contributed by atoms with E-state index < -0.39 is 11.6 Å². The molecule has 0 aliphatic rings. The normalized spacial score (nSPS) is 12.7. The van der Waals surface area contributed by atoms with E-state index >= 15 is 0 Å². The molecule has 5 heteroatoms. The van der Waals surface area contributed by atoms with Gasteiger partial charge in [-0.25, -0.2) is 8.78 Å². The lowest BCUT2D eigenvalue weighted by Crippen LogP contribution is -2.29. The van der Waals surface area contributed by atoms with Crippen molar-refractivity contribution < 1.29 is 8.78 Å². The van der Waals surface area contributed by atoms with E-state index in [1.54, 1.807) is 17.4 Å². The lowest BCUT2D eigenvalue weighted by atomic mass is 10.0. The molecule has 2 nitrogen and oxygen atoms in total. The minimum Gasteiger partial charge on any atom is -0.271 e. The first-order valence-electron chi connectivity index (χ1n) is 5.56. The topological polar surface area (TPSA) is 38.0 Å². The number of hydrogen-bond acceptors (Lipinski definition) is 3. The molecular formula is C13H14F2N2S. The summed E-state index contributed by atoms with van der Waals surface area (Å²) in [5.41, 5.74) is 3.42. The molecule has 0 aliphatic carbocycles. The van der Waals surface area contributed by atoms with Crippen molar-refractivity contribution in [1.82, 2.24) is 5.43 Å². The zero-order chi connectivity index (χ0) is 13.1. The first-order chi connectivity index (χ1) is 8.60. The molecule has 96 valence electrons. The number of aryl methyl sites for hydroxylation is 1. The summed E-state index contributed by atoms with van der Waals surface area (Å²) in [5, 5.41) is 0. The first kappa shape index (κ1) is 13.1. The third-order valence-electron chi connectivity index (χ3n) is 2.73. The number of benzene rings is 1. The molecule has 0 aliphatic heterocycles. The van der Waals surface area contributed by atoms with Crippen molar-refractivity contribution in [1.29, 1.82) is 0 Å². The second kappa shape index (κ2) is 5.56. The van der Waals surface area contributed by atoms with Crippen LogP contribution in [0.5, 0.6) is 0 Å². The van der Waals surface area contributed by atoms with Gasteiger partial charge in [0.2, 0.25) is 0 Å². The number of thiophene rings is 1. The highest BCUT2D eigenvalue weighted by molar-refractivity contribution is 7.12. The third kappa shape index (κ3) is 2.93. The average molecular weight is 268 g/mol. The summed E-state index contributed by atoms with van der Waals surface area (Å²) in [6.07, 6.45) is 0.521. The van der Waals surface area contributed by atoms with Crippen LogP contribution in [0, 0.1) is 18.6 Å². The highest BCUT2D eigenvalue weighted by Gasteiger charge is 2.13. The van der Waals surface area contributed by atoms with Crippen LogP contribution >= 0.6 is 11.3 Å². The molecule has 2 rings (SSSR count). The number of nitrogens with two attached hydrogens (primary N) is 1. The van der Waals surface area contributed by atoms with Gasteiger partial charge < -0.3 is 0 Å². The molecule has 0 saturated carbocycles. The van der Waals surface area contributed by atoms with Crippen LogP contribution < -0.4 is 11.3 Å². The van der Waals surface area contributed by atoms with E-state index in [0.29, 0.717) is 12.0 Å². The van der Waals surface area contributed by atoms with Crippen LogP contribution in [-0.4, -0.2) is 0 Å². The number of hydrogen-bond donors (Lipinski definition) is 2. The Morgan fingerprint density at radius 1 is 1.22 bits per heavy atom. The van der Waals surface area contributed by atoms with Gasteiger partial charge in [-0.15, -0.1) is 11.3 Å². The molecule has 0 radical (unpaired) electrons. The molecule has 2 aromatic rings. The predicted molar refractivity (Wildman–Crippen MR) is 69.2 cm³/mol. The smallest absolute Gasteiger partial charge is 0.159 e. The van der Waals surface area contributed by atoms with E-state index in [4.69, 9.17) is 5.84 Å². The fourth-order valence-electron chi connectivity index (χ4n) is 1.78. The molecule has 1 atom stereocenters. The Kier molecular flexibility index (Phi) is 4.06. The quantitative estimate of drug-likeness (QED) is 0.660. The van der Waals surface area contributed by atoms with Gasteiger partial charge in [-0.1, -0.05) is 6.07 Å². The van der Waals surface area contributed by atoms with Gasteiger partial charge in [0.15, 0.2) is 11.6 Å². The van der Waals surface area contributed by atoms with Gasteiger partial charge in [0.05, 0.1) is 6.04 Å². The Morgan fingerprint density at radius 2 is 2.00 bits per heavy atom. The zero-order valence-corrected chi connectivity index (χ0v) is 10.7. The minimum absolute atomic E-state index is 0.0893. The third-order valence-corrected chi connectivity index (χ3v) is 3.84. The Morgan fingerprint density at radius 3 is 2.56 bits per heavy atom. The Balaban J connectivity index is 2.17. The molecule has 0 fully saturated rings. The predicted octanol–water partition coefficient (Wildman–Crippen LogP) is 3.08. The average Bonchev–Trinajstić information content (AvgIpc) is 2.77. The highest BCUT2D eigenvalue weighted by atomic mass is 32.1. The molecular weight excluding hydrogens is 254 g/mol. The van der Waals surface area contributed by atoms with Crippen molar-refractivity contribution in [3.63, 3.8) is 0 Å². The van der Waals surface area contributed by atoms with E-state index in [1.807, 2.05) is 19.1 Å². The maximum absolute atomic E-state index is 13.1. The van der Waals surface area contributed by atoms with Crippen molar-refractivity contribution in [2.75, 3.05) is 0 Å². The summed E-state index contributed by atoms with van der Waals surface area (Å²) in [7, 11) is 0. The van der Waals surface area contributed by atoms with Crippen LogP contribution in [0.2, 0.25) is 0 Å². The molecule has 1 unspecified atom stereocenters. The van der Waals surface area contributed by atoms with Crippen molar-refractivity contribution in [2.24, 2.45) is 5.84 Å². The SMILES string of the molecule is Cc1ccc(C(Cc2ccc(F)c(F)c2)NN)s1. The molecule has 1 aromatic carbocycles. The molecule has 0 spiro atoms. The van der Waals surface area contributed by atoms with Gasteiger partial charge in [-0.3, -0.25) is 11.3 Å². The van der Waals surface area contributed by atoms with Gasteiger partial charge in [-0.05, 0) is 43.2 Å². The Labute approximate surface area is 108 Å². The molecule has 1 heterocycles. The zero-order valence-electron chi connectivity index (χ0n) is 9.91. The van der Waals surface area contributed by atoms with E-state index in [-0.39, 0.29) is 6.04 Å². The van der Waals surface area contributed by atoms with Crippen LogP contribution in [0.3, 0.4) is 0 Å². The lowest BCUT2D eigenvalue weighted by molar-refractivity contribution is 0.503. The molecule has 0 amide bonds. The molecule has 1 aromatic heterocycles. The second-order valence-electron chi connectivity index (χ2n) is 4.12. The van der Waals surface area contributed by atoms with E-state index in [0.717, 1.165) is 10.9 Å². The van der Waals surface area contributed by atoms with E-state index in [9.17, 15) is 8.78 Å². The van der Waals surface area contributed by atoms with Crippen molar-refractivity contribution in [3.05, 3.63) is 57.3 Å². The maximum atomic E-state index is 13.1. The second-order valence-corrected chi connectivity index (χ2v) is 5.44. The Hall–Kier alpha value is -1.30. The lowest BCUT2D eigenvalue weighted by Gasteiger charge is -2.14. The van der Waals surface area contributed by atoms with Crippen LogP contribution in [0.1, 0.15) is 21.4 Å². The molecule has 3 N–H and O–H groups in total. The summed E-state index contributed by atoms with van der Waals surface area (Å²) in [6.45, 7) is 2.01. The van der Waals surface area contributed by atoms with Crippen LogP contribution in [0.25, 0.3) is 0 Å². The monoisotopic (exact) mass is 268 g/mol. The summed E-state index contributed by atoms with van der Waals surface area (Å²) < 4.78 is 25.9. The number of nitrogens with one attached hydrogen (secondary N) is 1. The molecule has 18 heavy (non-hydrogen) atoms. The fraction of sp³-hybridized carbons (Fsp3) is 0.231. The van der Waals surface area contributed by atoms with Crippen molar-refractivity contribution in [3.8, 4) is 0 Å². The maximum Gasteiger partial charge on any atom is 0.159 e. The highest BCUT2D eigenvalue weighted by Crippen LogP contribution is 2.25. The fourth-order valence-corrected chi connectivity index (χ4v) is 2.72. The van der Waals surface area contributed by atoms with Gasteiger partial charge in [0.25, 0.3) is 0 Å². The van der Waals surface area contributed by atoms with Gasteiger partial charge in [0.1, 0.15) is 0 Å². The van der Waals surface area contributed by atoms with Gasteiger partial charge >= 0.3 is 0 Å². The van der Waals surface area contributed by atoms with Crippen molar-refractivity contribution >= 4 is 11.3 Å². The van der Waals surface area contributed by atoms with E-state index in [1.165, 1.54) is 10.9 Å². The van der Waals surface area contributed by atoms with Crippen LogP contribution in [0.4, 0.5) is 8.78 Å². The number of rotatable bonds is 4. The van der Waals surface area contributed by atoms with Crippen LogP contribution in [0.15, 0.2) is 30.3 Å². The van der Waals surface area contributed by atoms with Crippen molar-refractivity contribution in [2.45, 2.75) is 19.4 Å². The number of hydrazine groups is 1. The summed E-state index contributed by atoms with van der Waals surface area (Å²) in [5.74, 6) is 3.86. The van der Waals surface area contributed by atoms with E-state index in [2.05, 4.69) is 5.43 Å². The van der Waals surface area contributed by atoms with Gasteiger partial charge in [0, 0.05) is 9.75 Å². The van der Waals surface area contributed by atoms with Crippen LogP contribution in [-0.2, 0) is 6.42 Å². The summed E-state index contributed by atoms with van der Waals surface area (Å²) in [4.78, 5) is 2.27. The Bertz CT molecular complexity index is 540. The van der Waals surface area contributed by atoms with Gasteiger partial charge in [-0.2, -0.15) is 0 Å². The molecule has 0 saturated heterocycles. The summed E-state index contributed by atoms with van der Waals surface area (Å²) in [6, 6.07) is 7.83. The number of halogens is 2. The first-order valence-corrected chi connectivity index (χ1v) is 6.38. The molecule has 0 bridgehead atoms. The largest absolute Gasteiger partial charge is 0.271 e.